The summed E-state index contributed by atoms with van der Waals surface area (Å²) in [6.07, 6.45) is -0.803. The van der Waals surface area contributed by atoms with Crippen molar-refractivity contribution in [2.45, 2.75) is 18.9 Å². The topological polar surface area (TPSA) is 86.1 Å². The van der Waals surface area contributed by atoms with Gasteiger partial charge >= 0.3 is 0 Å². The maximum absolute atomic E-state index is 12.9. The lowest BCUT2D eigenvalue weighted by atomic mass is 10.0. The van der Waals surface area contributed by atoms with Gasteiger partial charge in [-0.1, -0.05) is 30.3 Å². The average molecular weight is 517 g/mol. The molecule has 0 saturated heterocycles. The molecule has 0 aromatic heterocycles. The molecule has 8 heteroatoms. The molecule has 6 nitrogen and oxygen atoms in total. The molecule has 0 aliphatic carbocycles. The highest BCUT2D eigenvalue weighted by Crippen LogP contribution is 2.13. The maximum atomic E-state index is 12.9. The van der Waals surface area contributed by atoms with Crippen molar-refractivity contribution < 1.29 is 19.3 Å². The van der Waals surface area contributed by atoms with Crippen LogP contribution in [-0.2, 0) is 0 Å². The predicted molar refractivity (Wildman–Crippen MR) is 124 cm³/mol. The third-order valence-corrected chi connectivity index (χ3v) is 4.07. The first-order chi connectivity index (χ1) is 13.6. The lowest BCUT2D eigenvalue weighted by molar-refractivity contribution is 0.114. The molecule has 4 N–H and O–H groups in total. The lowest BCUT2D eigenvalue weighted by Gasteiger charge is -2.18. The Labute approximate surface area is 188 Å². The molecule has 2 unspecified atom stereocenters. The van der Waals surface area contributed by atoms with Gasteiger partial charge in [0, 0.05) is 19.0 Å². The van der Waals surface area contributed by atoms with Gasteiger partial charge in [-0.05, 0) is 36.8 Å². The number of benzene rings is 2. The van der Waals surface area contributed by atoms with E-state index < -0.39 is 6.10 Å². The fraction of sp³-hybridized carbons (Fsp3) is 0.381. The minimum absolute atomic E-state index is 0. The van der Waals surface area contributed by atoms with Crippen molar-refractivity contribution in [1.29, 1.82) is 0 Å². The number of ether oxygens (including phenoxy) is 1. The van der Waals surface area contributed by atoms with Gasteiger partial charge < -0.3 is 25.6 Å². The van der Waals surface area contributed by atoms with Gasteiger partial charge in [0.05, 0.1) is 13.2 Å². The fourth-order valence-electron chi connectivity index (χ4n) is 2.55. The first kappa shape index (κ1) is 25.1. The van der Waals surface area contributed by atoms with E-state index >= 15 is 0 Å². The van der Waals surface area contributed by atoms with Gasteiger partial charge in [0.15, 0.2) is 5.96 Å². The average Bonchev–Trinajstić information content (AvgIpc) is 2.72. The fourth-order valence-corrected chi connectivity index (χ4v) is 2.55. The Balaban J connectivity index is 0.00000420. The summed E-state index contributed by atoms with van der Waals surface area (Å²) >= 11 is 0. The van der Waals surface area contributed by atoms with Crippen molar-refractivity contribution in [2.24, 2.45) is 4.99 Å². The van der Waals surface area contributed by atoms with Crippen molar-refractivity contribution in [1.82, 2.24) is 10.6 Å². The number of nitrogens with one attached hydrogen (secondary N) is 2. The number of halogens is 2. The van der Waals surface area contributed by atoms with Crippen LogP contribution in [0.3, 0.4) is 0 Å². The van der Waals surface area contributed by atoms with Crippen LogP contribution in [0.2, 0.25) is 0 Å². The van der Waals surface area contributed by atoms with E-state index in [1.54, 1.807) is 0 Å². The van der Waals surface area contributed by atoms with Crippen molar-refractivity contribution in [3.63, 3.8) is 0 Å². The zero-order valence-corrected chi connectivity index (χ0v) is 18.8. The second-order valence-electron chi connectivity index (χ2n) is 6.31. The summed E-state index contributed by atoms with van der Waals surface area (Å²) in [6.45, 7) is 3.34. The zero-order chi connectivity index (χ0) is 20.2. The summed E-state index contributed by atoms with van der Waals surface area (Å²) in [5, 5.41) is 26.0. The minimum Gasteiger partial charge on any atom is -0.491 e. The Morgan fingerprint density at radius 3 is 2.41 bits per heavy atom. The van der Waals surface area contributed by atoms with Crippen molar-refractivity contribution >= 4 is 29.9 Å². The molecule has 2 aromatic rings. The molecule has 2 aromatic carbocycles. The second-order valence-corrected chi connectivity index (χ2v) is 6.31. The number of aliphatic imine (C=N–C) groups is 1. The quantitative estimate of drug-likeness (QED) is 0.221. The van der Waals surface area contributed by atoms with Crippen molar-refractivity contribution in [3.8, 4) is 5.75 Å². The van der Waals surface area contributed by atoms with Crippen LogP contribution in [-0.4, -0.2) is 55.1 Å². The molecule has 0 saturated carbocycles. The molecule has 0 bridgehead atoms. The normalized spacial score (nSPS) is 13.2. The van der Waals surface area contributed by atoms with Gasteiger partial charge in [0.2, 0.25) is 0 Å². The second kappa shape index (κ2) is 14.1. The SMILES string of the molecule is CCNC(=NCC(O)COc1ccc(F)cc1)NCC(CO)c1ccccc1.I. The summed E-state index contributed by atoms with van der Waals surface area (Å²) in [5.74, 6) is 0.646. The molecular formula is C21H29FIN3O3. The highest BCUT2D eigenvalue weighted by molar-refractivity contribution is 14.0. The molecule has 2 atom stereocenters. The number of rotatable bonds is 10. The van der Waals surface area contributed by atoms with Crippen LogP contribution >= 0.6 is 24.0 Å². The Morgan fingerprint density at radius 1 is 1.10 bits per heavy atom. The largest absolute Gasteiger partial charge is 0.491 e. The summed E-state index contributed by atoms with van der Waals surface area (Å²) in [4.78, 5) is 4.36. The molecular weight excluding hydrogens is 488 g/mol. The van der Waals surface area contributed by atoms with Crippen molar-refractivity contribution in [3.05, 3.63) is 66.0 Å². The molecule has 0 amide bonds. The number of hydrogen-bond donors (Lipinski definition) is 4. The van der Waals surface area contributed by atoms with Crippen LogP contribution in [0.1, 0.15) is 18.4 Å². The van der Waals surface area contributed by atoms with Crippen LogP contribution in [0.15, 0.2) is 59.6 Å². The van der Waals surface area contributed by atoms with Gasteiger partial charge in [-0.25, -0.2) is 4.39 Å². The molecule has 0 aliphatic heterocycles. The Morgan fingerprint density at radius 2 is 1.79 bits per heavy atom. The summed E-state index contributed by atoms with van der Waals surface area (Å²) in [7, 11) is 0. The molecule has 0 fully saturated rings. The highest BCUT2D eigenvalue weighted by Gasteiger charge is 2.11. The molecule has 0 heterocycles. The van der Waals surface area contributed by atoms with Crippen molar-refractivity contribution in [2.75, 3.05) is 32.8 Å². The summed E-state index contributed by atoms with van der Waals surface area (Å²) in [5.41, 5.74) is 1.04. The van der Waals surface area contributed by atoms with Gasteiger partial charge in [-0.3, -0.25) is 4.99 Å². The van der Waals surface area contributed by atoms with Crippen LogP contribution in [0, 0.1) is 5.82 Å². The van der Waals surface area contributed by atoms with E-state index in [-0.39, 0.29) is 55.5 Å². The van der Waals surface area contributed by atoms with Crippen LogP contribution in [0.4, 0.5) is 4.39 Å². The Kier molecular flexibility index (Phi) is 12.2. The van der Waals surface area contributed by atoms with Crippen LogP contribution in [0.25, 0.3) is 0 Å². The van der Waals surface area contributed by atoms with E-state index in [9.17, 15) is 14.6 Å². The molecule has 29 heavy (non-hydrogen) atoms. The Bertz CT molecular complexity index is 717. The van der Waals surface area contributed by atoms with E-state index in [0.717, 1.165) is 5.56 Å². The number of aliphatic hydroxyl groups excluding tert-OH is 2. The van der Waals surface area contributed by atoms with Gasteiger partial charge in [0.1, 0.15) is 24.3 Å². The highest BCUT2D eigenvalue weighted by atomic mass is 127. The van der Waals surface area contributed by atoms with Crippen LogP contribution in [0.5, 0.6) is 5.75 Å². The number of nitrogens with zero attached hydrogens (tertiary/aromatic N) is 1. The molecule has 160 valence electrons. The number of guanidine groups is 1. The lowest BCUT2D eigenvalue weighted by Crippen LogP contribution is -2.40. The van der Waals surface area contributed by atoms with E-state index in [1.165, 1.54) is 24.3 Å². The van der Waals surface area contributed by atoms with E-state index in [2.05, 4.69) is 15.6 Å². The first-order valence-corrected chi connectivity index (χ1v) is 9.36. The zero-order valence-electron chi connectivity index (χ0n) is 16.4. The van der Waals surface area contributed by atoms with E-state index in [0.29, 0.717) is 24.8 Å². The predicted octanol–water partition coefficient (Wildman–Crippen LogP) is 2.51. The monoisotopic (exact) mass is 517 g/mol. The first-order valence-electron chi connectivity index (χ1n) is 9.36. The van der Waals surface area contributed by atoms with Crippen LogP contribution < -0.4 is 15.4 Å². The number of aliphatic hydroxyl groups is 2. The Hall–Kier alpha value is -1.91. The molecule has 0 spiro atoms. The summed E-state index contributed by atoms with van der Waals surface area (Å²) in [6, 6.07) is 15.4. The third-order valence-electron chi connectivity index (χ3n) is 4.07. The molecule has 0 radical (unpaired) electrons. The molecule has 2 rings (SSSR count). The number of hydrogen-bond acceptors (Lipinski definition) is 4. The van der Waals surface area contributed by atoms with E-state index in [4.69, 9.17) is 4.74 Å². The molecule has 0 aliphatic rings. The van der Waals surface area contributed by atoms with E-state index in [1.807, 2.05) is 37.3 Å². The summed E-state index contributed by atoms with van der Waals surface area (Å²) < 4.78 is 18.3. The van der Waals surface area contributed by atoms with Gasteiger partial charge in [0.25, 0.3) is 0 Å². The van der Waals surface area contributed by atoms with Gasteiger partial charge in [-0.15, -0.1) is 24.0 Å². The standard InChI is InChI=1S/C21H28FN3O3.HI/c1-2-23-21(24-12-17(14-26)16-6-4-3-5-7-16)25-13-19(27)15-28-20-10-8-18(22)9-11-20;/h3-11,17,19,26-27H,2,12-15H2,1H3,(H2,23,24,25);1H. The minimum atomic E-state index is -0.803. The third kappa shape index (κ3) is 9.42. The van der Waals surface area contributed by atoms with Gasteiger partial charge in [-0.2, -0.15) is 0 Å². The maximum Gasteiger partial charge on any atom is 0.191 e. The smallest absolute Gasteiger partial charge is 0.191 e.